The van der Waals surface area contributed by atoms with Crippen molar-refractivity contribution in [3.05, 3.63) is 223 Å². The van der Waals surface area contributed by atoms with Gasteiger partial charge in [0.05, 0.1) is 39.5 Å². The van der Waals surface area contributed by atoms with Crippen LogP contribution in [0.1, 0.15) is 16.7 Å². The zero-order valence-corrected chi connectivity index (χ0v) is 35.9. The average Bonchev–Trinajstić information content (AvgIpc) is 3.67. The largest absolute Gasteiger partial charge is 0.308 e. The Bertz CT molecular complexity index is 3370. The number of benzene rings is 8. The molecule has 0 saturated carbocycles. The van der Waals surface area contributed by atoms with Gasteiger partial charge in [-0.3, -0.25) is 0 Å². The molecular weight excluding hydrogens is 779 g/mol. The zero-order valence-electron chi connectivity index (χ0n) is 35.9. The van der Waals surface area contributed by atoms with Crippen LogP contribution in [0.15, 0.2) is 206 Å². The number of rotatable bonds is 8. The maximum absolute atomic E-state index is 5.43. The number of fused-ring (bicyclic) bond motifs is 3. The summed E-state index contributed by atoms with van der Waals surface area (Å²) in [6.07, 6.45) is 0. The highest BCUT2D eigenvalue weighted by Crippen LogP contribution is 2.41. The fourth-order valence-electron chi connectivity index (χ4n) is 9.24. The van der Waals surface area contributed by atoms with Crippen LogP contribution < -0.4 is 0 Å². The lowest BCUT2D eigenvalue weighted by atomic mass is 9.93. The van der Waals surface area contributed by atoms with Crippen molar-refractivity contribution in [2.45, 2.75) is 20.8 Å². The molecule has 0 saturated heterocycles. The van der Waals surface area contributed by atoms with Crippen LogP contribution >= 0.6 is 0 Å². The fraction of sp³-hybridized carbons (Fsp3) is 0.0508. The van der Waals surface area contributed by atoms with Gasteiger partial charge in [0.1, 0.15) is 0 Å². The molecule has 0 unspecified atom stereocenters. The molecule has 3 heterocycles. The summed E-state index contributed by atoms with van der Waals surface area (Å²) in [5.74, 6) is 1.22. The Hall–Kier alpha value is -8.28. The second-order valence-electron chi connectivity index (χ2n) is 16.5. The van der Waals surface area contributed by atoms with E-state index in [4.69, 9.17) is 19.9 Å². The van der Waals surface area contributed by atoms with Crippen LogP contribution in [0.4, 0.5) is 0 Å². The summed E-state index contributed by atoms with van der Waals surface area (Å²) in [5, 5.41) is 2.35. The molecule has 64 heavy (non-hydrogen) atoms. The zero-order chi connectivity index (χ0) is 43.1. The van der Waals surface area contributed by atoms with E-state index in [1.807, 2.05) is 48.5 Å². The topological polar surface area (TPSA) is 56.5 Å². The van der Waals surface area contributed by atoms with Crippen LogP contribution in [-0.4, -0.2) is 24.5 Å². The highest BCUT2D eigenvalue weighted by atomic mass is 15.0. The Morgan fingerprint density at radius 1 is 0.328 bits per heavy atom. The van der Waals surface area contributed by atoms with E-state index in [0.717, 1.165) is 72.9 Å². The minimum absolute atomic E-state index is 0.604. The second-order valence-corrected chi connectivity index (χ2v) is 16.5. The number of para-hydroxylation sites is 1. The van der Waals surface area contributed by atoms with Gasteiger partial charge in [-0.15, -0.1) is 0 Å². The minimum Gasteiger partial charge on any atom is -0.308 e. The van der Waals surface area contributed by atoms with Crippen LogP contribution in [0, 0.1) is 20.8 Å². The normalized spacial score (nSPS) is 11.4. The third-order valence-electron chi connectivity index (χ3n) is 12.1. The van der Waals surface area contributed by atoms with Gasteiger partial charge < -0.3 is 4.57 Å². The maximum atomic E-state index is 5.43. The molecule has 0 aliphatic rings. The van der Waals surface area contributed by atoms with E-state index in [1.165, 1.54) is 38.6 Å². The van der Waals surface area contributed by atoms with Gasteiger partial charge in [0, 0.05) is 44.2 Å². The Balaban J connectivity index is 1.22. The molecule has 3 aromatic heterocycles. The predicted molar refractivity (Wildman–Crippen MR) is 264 cm³/mol. The van der Waals surface area contributed by atoms with Crippen molar-refractivity contribution in [1.82, 2.24) is 24.5 Å². The number of aryl methyl sites for hydroxylation is 3. The number of hydrogen-bond donors (Lipinski definition) is 0. The summed E-state index contributed by atoms with van der Waals surface area (Å²) in [7, 11) is 0. The summed E-state index contributed by atoms with van der Waals surface area (Å²) in [6, 6.07) is 72.2. The van der Waals surface area contributed by atoms with Crippen molar-refractivity contribution in [2.24, 2.45) is 0 Å². The maximum Gasteiger partial charge on any atom is 0.162 e. The van der Waals surface area contributed by atoms with E-state index < -0.39 is 0 Å². The van der Waals surface area contributed by atoms with Crippen molar-refractivity contribution in [2.75, 3.05) is 0 Å². The predicted octanol–water partition coefficient (Wildman–Crippen LogP) is 15.0. The van der Waals surface area contributed by atoms with Gasteiger partial charge in [-0.05, 0) is 85.5 Å². The molecule has 0 atom stereocenters. The summed E-state index contributed by atoms with van der Waals surface area (Å²) >= 11 is 0. The first-order chi connectivity index (χ1) is 31.4. The monoisotopic (exact) mass is 821 g/mol. The SMILES string of the molecule is Cc1cc(C)c(-c2ccc3c4ccccc4n(-c4ccc(-c5nc(-c6ccccc6)cc(-c6ccccc6)n5)cc4-c4nc(-c5ccccc5)cc(-c5ccccc5)n4)c3c2)c(C)c1. The summed E-state index contributed by atoms with van der Waals surface area (Å²) in [4.78, 5) is 21.4. The number of nitrogens with zero attached hydrogens (tertiary/aromatic N) is 5. The molecule has 0 aliphatic carbocycles. The molecule has 0 N–H and O–H groups in total. The highest BCUT2D eigenvalue weighted by Gasteiger charge is 2.22. The van der Waals surface area contributed by atoms with Gasteiger partial charge in [-0.2, -0.15) is 0 Å². The van der Waals surface area contributed by atoms with Crippen molar-refractivity contribution in [1.29, 1.82) is 0 Å². The van der Waals surface area contributed by atoms with Gasteiger partial charge in [0.25, 0.3) is 0 Å². The molecule has 0 aliphatic heterocycles. The number of aromatic nitrogens is 5. The Labute approximate surface area is 373 Å². The van der Waals surface area contributed by atoms with Gasteiger partial charge in [-0.25, -0.2) is 19.9 Å². The lowest BCUT2D eigenvalue weighted by molar-refractivity contribution is 1.13. The Morgan fingerprint density at radius 2 is 0.766 bits per heavy atom. The van der Waals surface area contributed by atoms with Crippen molar-refractivity contribution >= 4 is 21.8 Å². The third-order valence-corrected chi connectivity index (χ3v) is 12.1. The van der Waals surface area contributed by atoms with E-state index in [1.54, 1.807) is 0 Å². The van der Waals surface area contributed by atoms with Crippen molar-refractivity contribution in [3.63, 3.8) is 0 Å². The highest BCUT2D eigenvalue weighted by molar-refractivity contribution is 6.11. The van der Waals surface area contributed by atoms with Crippen LogP contribution in [0.5, 0.6) is 0 Å². The van der Waals surface area contributed by atoms with Crippen LogP contribution in [0.25, 0.3) is 106 Å². The summed E-state index contributed by atoms with van der Waals surface area (Å²) in [6.45, 7) is 6.59. The van der Waals surface area contributed by atoms with E-state index in [0.29, 0.717) is 11.6 Å². The van der Waals surface area contributed by atoms with E-state index in [2.05, 4.69) is 183 Å². The Morgan fingerprint density at radius 3 is 1.28 bits per heavy atom. The molecule has 0 fully saturated rings. The molecule has 5 nitrogen and oxygen atoms in total. The molecule has 0 amide bonds. The van der Waals surface area contributed by atoms with E-state index >= 15 is 0 Å². The molecule has 5 heteroatoms. The molecular formula is C59H43N5. The summed E-state index contributed by atoms with van der Waals surface area (Å²) in [5.41, 5.74) is 18.5. The summed E-state index contributed by atoms with van der Waals surface area (Å²) < 4.78 is 2.39. The number of hydrogen-bond acceptors (Lipinski definition) is 4. The van der Waals surface area contributed by atoms with Crippen molar-refractivity contribution < 1.29 is 0 Å². The smallest absolute Gasteiger partial charge is 0.162 e. The molecule has 0 spiro atoms. The first kappa shape index (κ1) is 38.6. The van der Waals surface area contributed by atoms with E-state index in [-0.39, 0.29) is 0 Å². The average molecular weight is 822 g/mol. The quantitative estimate of drug-likeness (QED) is 0.153. The minimum atomic E-state index is 0.604. The molecule has 0 radical (unpaired) electrons. The standard InChI is InChI=1S/C59H43N5/c1-38-32-39(2)57(40(3)33-38)45-28-30-48-47-26-16-17-27-54(47)64(56(48)35-45)55-31-29-46(58-60-50(41-18-8-4-9-19-41)36-51(61-58)42-20-10-5-11-21-42)34-49(55)59-62-52(43-22-12-6-13-23-43)37-53(63-59)44-24-14-7-15-25-44/h4-37H,1-3H3. The van der Waals surface area contributed by atoms with E-state index in [9.17, 15) is 0 Å². The third kappa shape index (κ3) is 7.13. The van der Waals surface area contributed by atoms with Crippen molar-refractivity contribution in [3.8, 4) is 84.6 Å². The van der Waals surface area contributed by atoms with Crippen LogP contribution in [-0.2, 0) is 0 Å². The van der Waals surface area contributed by atoms with Gasteiger partial charge >= 0.3 is 0 Å². The lowest BCUT2D eigenvalue weighted by Crippen LogP contribution is -2.03. The van der Waals surface area contributed by atoms with Crippen LogP contribution in [0.3, 0.4) is 0 Å². The molecule has 304 valence electrons. The van der Waals surface area contributed by atoms with Crippen LogP contribution in [0.2, 0.25) is 0 Å². The fourth-order valence-corrected chi connectivity index (χ4v) is 9.24. The molecule has 11 aromatic rings. The second kappa shape index (κ2) is 16.2. The Kier molecular flexibility index (Phi) is 9.78. The van der Waals surface area contributed by atoms with Gasteiger partial charge in [0.15, 0.2) is 11.6 Å². The first-order valence-electron chi connectivity index (χ1n) is 21.7. The van der Waals surface area contributed by atoms with Gasteiger partial charge in [0.2, 0.25) is 0 Å². The first-order valence-corrected chi connectivity index (χ1v) is 21.7. The molecule has 8 aromatic carbocycles. The van der Waals surface area contributed by atoms with Gasteiger partial charge in [-0.1, -0.05) is 169 Å². The molecule has 11 rings (SSSR count). The molecule has 0 bridgehead atoms. The lowest BCUT2D eigenvalue weighted by Gasteiger charge is -2.17.